The molecule has 0 aromatic heterocycles. The van der Waals surface area contributed by atoms with Gasteiger partial charge in [-0.3, -0.25) is 9.71 Å². The smallest absolute Gasteiger partial charge is 0.261 e. The monoisotopic (exact) mass is 397 g/mol. The van der Waals surface area contributed by atoms with Crippen LogP contribution in [0.2, 0.25) is 0 Å². The lowest BCUT2D eigenvalue weighted by Crippen LogP contribution is -2.12. The highest BCUT2D eigenvalue weighted by Gasteiger charge is 2.13. The highest BCUT2D eigenvalue weighted by Crippen LogP contribution is 2.20. The van der Waals surface area contributed by atoms with Crippen LogP contribution in [0.3, 0.4) is 0 Å². The van der Waals surface area contributed by atoms with Gasteiger partial charge in [0.15, 0.2) is 0 Å². The predicted octanol–water partition coefficient (Wildman–Crippen LogP) is 4.44. The molecule has 3 aromatic rings. The first-order valence-corrected chi connectivity index (χ1v) is 10.0. The molecule has 0 spiro atoms. The summed E-state index contributed by atoms with van der Waals surface area (Å²) in [6.07, 6.45) is 1.72. The van der Waals surface area contributed by atoms with Crippen LogP contribution in [0.15, 0.2) is 82.7 Å². The summed E-state index contributed by atoms with van der Waals surface area (Å²) < 4.78 is 40.2. The predicted molar refractivity (Wildman–Crippen MR) is 112 cm³/mol. The first kappa shape index (κ1) is 19.6. The molecule has 1 N–H and O–H groups in total. The second kappa shape index (κ2) is 8.22. The van der Waals surface area contributed by atoms with Gasteiger partial charge in [0.05, 0.1) is 10.6 Å². The van der Waals surface area contributed by atoms with E-state index in [2.05, 4.69) is 9.71 Å². The Morgan fingerprint density at radius 1 is 0.893 bits per heavy atom. The Balaban J connectivity index is 1.70. The molecule has 0 aliphatic heterocycles. The van der Waals surface area contributed by atoms with Crippen molar-refractivity contribution in [3.05, 3.63) is 84.2 Å². The third-order valence-corrected chi connectivity index (χ3v) is 5.41. The summed E-state index contributed by atoms with van der Waals surface area (Å²) in [6, 6.07) is 19.3. The van der Waals surface area contributed by atoms with E-state index in [-0.39, 0.29) is 4.90 Å². The maximum Gasteiger partial charge on any atom is 0.261 e. The Morgan fingerprint density at radius 2 is 1.50 bits per heavy atom. The molecule has 3 aromatic carbocycles. The molecule has 0 aliphatic carbocycles. The van der Waals surface area contributed by atoms with Crippen molar-refractivity contribution in [2.24, 2.45) is 4.99 Å². The van der Waals surface area contributed by atoms with Crippen molar-refractivity contribution in [1.82, 2.24) is 0 Å². The molecule has 3 rings (SSSR count). The Kier molecular flexibility index (Phi) is 5.75. The average molecular weight is 397 g/mol. The molecule has 0 saturated carbocycles. The van der Waals surface area contributed by atoms with Crippen molar-refractivity contribution in [2.45, 2.75) is 4.90 Å². The number of benzene rings is 3. The number of aliphatic imine (C=N–C) groups is 1. The zero-order valence-electron chi connectivity index (χ0n) is 15.5. The molecular weight excluding hydrogens is 377 g/mol. The number of halogens is 1. The number of anilines is 2. The van der Waals surface area contributed by atoms with Crippen molar-refractivity contribution in [1.29, 1.82) is 0 Å². The van der Waals surface area contributed by atoms with Gasteiger partial charge >= 0.3 is 0 Å². The molecule has 0 saturated heterocycles. The summed E-state index contributed by atoms with van der Waals surface area (Å²) in [4.78, 5) is 6.49. The quantitative estimate of drug-likeness (QED) is 0.626. The van der Waals surface area contributed by atoms with Gasteiger partial charge in [-0.2, -0.15) is 0 Å². The van der Waals surface area contributed by atoms with Gasteiger partial charge in [-0.15, -0.1) is 0 Å². The minimum absolute atomic E-state index is 0.103. The number of nitrogens with one attached hydrogen (secondary N) is 1. The lowest BCUT2D eigenvalue weighted by molar-refractivity contribution is 0.601. The van der Waals surface area contributed by atoms with E-state index in [0.717, 1.165) is 11.3 Å². The van der Waals surface area contributed by atoms with E-state index in [0.29, 0.717) is 11.4 Å². The van der Waals surface area contributed by atoms with Gasteiger partial charge in [0.25, 0.3) is 10.0 Å². The summed E-state index contributed by atoms with van der Waals surface area (Å²) in [5.41, 5.74) is 2.97. The number of nitrogens with zero attached hydrogens (tertiary/aromatic N) is 2. The van der Waals surface area contributed by atoms with Crippen LogP contribution in [0.1, 0.15) is 5.56 Å². The summed E-state index contributed by atoms with van der Waals surface area (Å²) in [6.45, 7) is 0. The highest BCUT2D eigenvalue weighted by atomic mass is 32.2. The van der Waals surface area contributed by atoms with E-state index >= 15 is 0 Å². The Labute approximate surface area is 164 Å². The lowest BCUT2D eigenvalue weighted by atomic mass is 10.2. The largest absolute Gasteiger partial charge is 0.378 e. The molecular formula is C21H20FN3O2S. The molecule has 0 unspecified atom stereocenters. The van der Waals surface area contributed by atoms with E-state index in [1.165, 1.54) is 36.4 Å². The van der Waals surface area contributed by atoms with Crippen LogP contribution in [0, 0.1) is 5.82 Å². The van der Waals surface area contributed by atoms with Crippen molar-refractivity contribution in [2.75, 3.05) is 23.7 Å². The van der Waals surface area contributed by atoms with E-state index < -0.39 is 15.8 Å². The molecule has 0 bridgehead atoms. The van der Waals surface area contributed by atoms with Crippen LogP contribution in [0.25, 0.3) is 0 Å². The van der Waals surface area contributed by atoms with Gasteiger partial charge < -0.3 is 4.90 Å². The number of sulfonamides is 1. The second-order valence-corrected chi connectivity index (χ2v) is 8.03. The van der Waals surface area contributed by atoms with Gasteiger partial charge in [-0.1, -0.05) is 12.1 Å². The van der Waals surface area contributed by atoms with E-state index in [4.69, 9.17) is 0 Å². The van der Waals surface area contributed by atoms with Crippen LogP contribution >= 0.6 is 0 Å². The average Bonchev–Trinajstić information content (AvgIpc) is 2.68. The van der Waals surface area contributed by atoms with Gasteiger partial charge in [0.2, 0.25) is 0 Å². The Hall–Kier alpha value is -3.19. The molecule has 28 heavy (non-hydrogen) atoms. The van der Waals surface area contributed by atoms with Gasteiger partial charge in [-0.05, 0) is 66.2 Å². The number of rotatable bonds is 6. The second-order valence-electron chi connectivity index (χ2n) is 6.35. The van der Waals surface area contributed by atoms with Gasteiger partial charge in [0, 0.05) is 31.7 Å². The van der Waals surface area contributed by atoms with Crippen LogP contribution in [0.4, 0.5) is 21.5 Å². The fraction of sp³-hybridized carbons (Fsp3) is 0.0952. The molecule has 0 radical (unpaired) electrons. The number of hydrogen-bond donors (Lipinski definition) is 1. The topological polar surface area (TPSA) is 61.8 Å². The van der Waals surface area contributed by atoms with Crippen LogP contribution < -0.4 is 9.62 Å². The Bertz CT molecular complexity index is 1060. The summed E-state index contributed by atoms with van der Waals surface area (Å²) in [5, 5.41) is 0. The summed E-state index contributed by atoms with van der Waals surface area (Å²) in [5.74, 6) is -0.429. The minimum atomic E-state index is -3.75. The molecule has 5 nitrogen and oxygen atoms in total. The first-order valence-electron chi connectivity index (χ1n) is 8.53. The number of hydrogen-bond acceptors (Lipinski definition) is 4. The van der Waals surface area contributed by atoms with Crippen LogP contribution in [0.5, 0.6) is 0 Å². The lowest BCUT2D eigenvalue weighted by Gasteiger charge is -2.11. The van der Waals surface area contributed by atoms with E-state index in [1.807, 2.05) is 43.3 Å². The third-order valence-electron chi connectivity index (χ3n) is 4.02. The van der Waals surface area contributed by atoms with Crippen molar-refractivity contribution < 1.29 is 12.8 Å². The third kappa shape index (κ3) is 4.95. The zero-order chi connectivity index (χ0) is 20.1. The highest BCUT2D eigenvalue weighted by molar-refractivity contribution is 7.92. The normalized spacial score (nSPS) is 11.5. The molecule has 7 heteroatoms. The van der Waals surface area contributed by atoms with Gasteiger partial charge in [0.1, 0.15) is 5.82 Å². The molecule has 0 fully saturated rings. The zero-order valence-corrected chi connectivity index (χ0v) is 16.3. The van der Waals surface area contributed by atoms with Crippen LogP contribution in [-0.2, 0) is 10.0 Å². The molecule has 0 heterocycles. The summed E-state index contributed by atoms with van der Waals surface area (Å²) >= 11 is 0. The molecule has 0 aliphatic rings. The fourth-order valence-electron chi connectivity index (χ4n) is 2.45. The standard InChI is InChI=1S/C21H20FN3O2S/c1-25(2)20-11-3-16(4-12-20)15-23-18-9-13-21(14-10-18)28(26,27)24-19-7-5-17(22)6-8-19/h3-15,24H,1-2H3. The fourth-order valence-corrected chi connectivity index (χ4v) is 3.51. The summed E-state index contributed by atoms with van der Waals surface area (Å²) in [7, 11) is 0.200. The van der Waals surface area contributed by atoms with Gasteiger partial charge in [-0.25, -0.2) is 12.8 Å². The molecule has 0 atom stereocenters. The van der Waals surface area contributed by atoms with E-state index in [1.54, 1.807) is 18.3 Å². The Morgan fingerprint density at radius 3 is 2.07 bits per heavy atom. The van der Waals surface area contributed by atoms with Crippen LogP contribution in [-0.4, -0.2) is 28.7 Å². The molecule has 0 amide bonds. The maximum absolute atomic E-state index is 12.9. The van der Waals surface area contributed by atoms with E-state index in [9.17, 15) is 12.8 Å². The SMILES string of the molecule is CN(C)c1ccc(C=Nc2ccc(S(=O)(=O)Nc3ccc(F)cc3)cc2)cc1. The molecule has 144 valence electrons. The van der Waals surface area contributed by atoms with Crippen molar-refractivity contribution in [3.8, 4) is 0 Å². The van der Waals surface area contributed by atoms with Crippen molar-refractivity contribution >= 4 is 33.3 Å². The maximum atomic E-state index is 12.9. The first-order chi connectivity index (χ1) is 13.3. The minimum Gasteiger partial charge on any atom is -0.378 e. The van der Waals surface area contributed by atoms with Crippen molar-refractivity contribution in [3.63, 3.8) is 0 Å².